The number of carbonyl (C=O) groups excluding carboxylic acids is 2. The van der Waals surface area contributed by atoms with Crippen LogP contribution in [0, 0.1) is 6.92 Å². The fraction of sp³-hybridized carbons (Fsp3) is 0.462. The summed E-state index contributed by atoms with van der Waals surface area (Å²) in [6.07, 6.45) is 2.77. The van der Waals surface area contributed by atoms with Gasteiger partial charge in [-0.05, 0) is 62.4 Å². The molecule has 0 saturated carbocycles. The van der Waals surface area contributed by atoms with Crippen molar-refractivity contribution in [1.29, 1.82) is 0 Å². The molecule has 0 saturated heterocycles. The van der Waals surface area contributed by atoms with Crippen LogP contribution in [0.1, 0.15) is 44.7 Å². The van der Waals surface area contributed by atoms with E-state index in [1.165, 1.54) is 4.90 Å². The van der Waals surface area contributed by atoms with Gasteiger partial charge in [-0.1, -0.05) is 55.8 Å². The van der Waals surface area contributed by atoms with Crippen molar-refractivity contribution in [3.8, 4) is 0 Å². The molecule has 0 bridgehead atoms. The molecule has 2 atom stereocenters. The molecule has 0 fully saturated rings. The molecule has 0 aliphatic heterocycles. The van der Waals surface area contributed by atoms with Crippen LogP contribution in [0.2, 0.25) is 5.02 Å². The Morgan fingerprint density at radius 3 is 2.26 bits per heavy atom. The smallest absolute Gasteiger partial charge is 0.244 e. The number of benzene rings is 2. The predicted octanol–water partition coefficient (Wildman–Crippen LogP) is 4.18. The van der Waals surface area contributed by atoms with Gasteiger partial charge in [0, 0.05) is 17.6 Å². The van der Waals surface area contributed by atoms with Gasteiger partial charge in [0.05, 0.1) is 11.9 Å². The van der Waals surface area contributed by atoms with Gasteiger partial charge < -0.3 is 10.2 Å². The molecule has 0 heterocycles. The molecular weight excluding hydrogens is 486 g/mol. The number of nitrogens with one attached hydrogen (secondary N) is 1. The van der Waals surface area contributed by atoms with Gasteiger partial charge in [-0.15, -0.1) is 0 Å². The summed E-state index contributed by atoms with van der Waals surface area (Å²) in [5, 5.41) is 3.44. The van der Waals surface area contributed by atoms with Crippen molar-refractivity contribution in [3.05, 3.63) is 64.7 Å². The number of nitrogens with zero attached hydrogens (tertiary/aromatic N) is 2. The number of carbonyl (C=O) groups is 2. The number of anilines is 1. The average Bonchev–Trinajstić information content (AvgIpc) is 2.80. The van der Waals surface area contributed by atoms with Gasteiger partial charge in [-0.3, -0.25) is 13.9 Å². The zero-order valence-electron chi connectivity index (χ0n) is 21.1. The van der Waals surface area contributed by atoms with E-state index in [0.29, 0.717) is 29.1 Å². The highest BCUT2D eigenvalue weighted by atomic mass is 35.5. The first kappa shape index (κ1) is 28.7. The molecule has 0 aromatic heterocycles. The van der Waals surface area contributed by atoms with Crippen molar-refractivity contribution in [2.24, 2.45) is 0 Å². The molecule has 0 unspecified atom stereocenters. The minimum atomic E-state index is -3.78. The highest BCUT2D eigenvalue weighted by Gasteiger charge is 2.32. The third-order valence-electron chi connectivity index (χ3n) is 5.98. The molecule has 2 aromatic rings. The van der Waals surface area contributed by atoms with Crippen molar-refractivity contribution in [2.75, 3.05) is 23.7 Å². The topological polar surface area (TPSA) is 86.8 Å². The number of hydrogen-bond acceptors (Lipinski definition) is 4. The lowest BCUT2D eigenvalue weighted by Crippen LogP contribution is -2.54. The number of hydrogen-bond donors (Lipinski definition) is 1. The third-order valence-corrected chi connectivity index (χ3v) is 7.34. The lowest BCUT2D eigenvalue weighted by Gasteiger charge is -2.33. The summed E-state index contributed by atoms with van der Waals surface area (Å²) in [5.41, 5.74) is 2.04. The van der Waals surface area contributed by atoms with E-state index in [0.717, 1.165) is 22.5 Å². The van der Waals surface area contributed by atoms with Crippen LogP contribution in [-0.4, -0.2) is 56.6 Å². The maximum atomic E-state index is 13.6. The minimum Gasteiger partial charge on any atom is -0.352 e. The van der Waals surface area contributed by atoms with Crippen molar-refractivity contribution < 1.29 is 18.0 Å². The van der Waals surface area contributed by atoms with Gasteiger partial charge in [0.25, 0.3) is 0 Å². The van der Waals surface area contributed by atoms with Gasteiger partial charge in [-0.25, -0.2) is 8.42 Å². The first-order chi connectivity index (χ1) is 16.5. The first-order valence-corrected chi connectivity index (χ1v) is 14.1. The lowest BCUT2D eigenvalue weighted by molar-refractivity contribution is -0.139. The highest BCUT2D eigenvalue weighted by molar-refractivity contribution is 7.92. The molecule has 2 aromatic carbocycles. The highest BCUT2D eigenvalue weighted by Crippen LogP contribution is 2.26. The van der Waals surface area contributed by atoms with E-state index in [4.69, 9.17) is 11.6 Å². The Morgan fingerprint density at radius 1 is 1.06 bits per heavy atom. The van der Waals surface area contributed by atoms with Crippen LogP contribution >= 0.6 is 11.6 Å². The Morgan fingerprint density at radius 2 is 1.71 bits per heavy atom. The number of aryl methyl sites for hydroxylation is 1. The van der Waals surface area contributed by atoms with Crippen LogP contribution in [0.5, 0.6) is 0 Å². The Balaban J connectivity index is 2.39. The van der Waals surface area contributed by atoms with E-state index >= 15 is 0 Å². The summed E-state index contributed by atoms with van der Waals surface area (Å²) in [6, 6.07) is 13.8. The molecule has 1 N–H and O–H groups in total. The molecule has 35 heavy (non-hydrogen) atoms. The van der Waals surface area contributed by atoms with Crippen molar-refractivity contribution in [2.45, 2.75) is 59.0 Å². The Labute approximate surface area is 214 Å². The molecule has 7 nitrogen and oxygen atoms in total. The fourth-order valence-electron chi connectivity index (χ4n) is 3.83. The number of rotatable bonds is 12. The van der Waals surface area contributed by atoms with Crippen LogP contribution in [0.25, 0.3) is 0 Å². The standard InChI is InChI=1S/C26H36ClN3O4S/c1-6-20(4)28-26(32)23(7-2)29(16-15-21-11-9-8-10-12-21)25(31)18-30(35(5,33)34)24-14-13-22(27)17-19(24)3/h8-14,17,20,23H,6-7,15-16,18H2,1-5H3,(H,28,32)/t20-,23+/m1/s1. The second-order valence-corrected chi connectivity index (χ2v) is 11.1. The molecular formula is C26H36ClN3O4S. The maximum absolute atomic E-state index is 13.6. The largest absolute Gasteiger partial charge is 0.352 e. The molecule has 2 rings (SSSR count). The second-order valence-electron chi connectivity index (χ2n) is 8.77. The molecule has 0 spiro atoms. The minimum absolute atomic E-state index is 0.0353. The van der Waals surface area contributed by atoms with E-state index < -0.39 is 28.5 Å². The Hall–Kier alpha value is -2.58. The summed E-state index contributed by atoms with van der Waals surface area (Å²) in [7, 11) is -3.78. The number of halogens is 1. The van der Waals surface area contributed by atoms with Gasteiger partial charge in [0.15, 0.2) is 0 Å². The third kappa shape index (κ3) is 8.25. The summed E-state index contributed by atoms with van der Waals surface area (Å²) >= 11 is 6.05. The zero-order valence-corrected chi connectivity index (χ0v) is 22.7. The normalized spacial score (nSPS) is 13.1. The van der Waals surface area contributed by atoms with Crippen LogP contribution < -0.4 is 9.62 Å². The average molecular weight is 522 g/mol. The lowest BCUT2D eigenvalue weighted by atomic mass is 10.1. The molecule has 0 radical (unpaired) electrons. The van der Waals surface area contributed by atoms with E-state index in [-0.39, 0.29) is 18.5 Å². The second kappa shape index (κ2) is 12.9. The molecule has 192 valence electrons. The monoisotopic (exact) mass is 521 g/mol. The van der Waals surface area contributed by atoms with Crippen LogP contribution in [0.15, 0.2) is 48.5 Å². The van der Waals surface area contributed by atoms with Gasteiger partial charge >= 0.3 is 0 Å². The van der Waals surface area contributed by atoms with Gasteiger partial charge in [0.1, 0.15) is 12.6 Å². The SMILES string of the molecule is CC[C@@H](C)NC(=O)[C@H](CC)N(CCc1ccccc1)C(=O)CN(c1ccc(Cl)cc1C)S(C)(=O)=O. The van der Waals surface area contributed by atoms with Gasteiger partial charge in [0.2, 0.25) is 21.8 Å². The molecule has 9 heteroatoms. The van der Waals surface area contributed by atoms with E-state index in [1.807, 2.05) is 51.1 Å². The Kier molecular flexibility index (Phi) is 10.6. The Bertz CT molecular complexity index is 1110. The first-order valence-electron chi connectivity index (χ1n) is 11.9. The quantitative estimate of drug-likeness (QED) is 0.454. The fourth-order valence-corrected chi connectivity index (χ4v) is 4.96. The zero-order chi connectivity index (χ0) is 26.2. The summed E-state index contributed by atoms with van der Waals surface area (Å²) in [5.74, 6) is -0.677. The van der Waals surface area contributed by atoms with Crippen molar-refractivity contribution >= 4 is 39.1 Å². The molecule has 2 amide bonds. The van der Waals surface area contributed by atoms with Gasteiger partial charge in [-0.2, -0.15) is 0 Å². The van der Waals surface area contributed by atoms with Crippen LogP contribution in [0.4, 0.5) is 5.69 Å². The summed E-state index contributed by atoms with van der Waals surface area (Å²) in [4.78, 5) is 28.2. The maximum Gasteiger partial charge on any atom is 0.244 e. The van der Waals surface area contributed by atoms with Crippen molar-refractivity contribution in [3.63, 3.8) is 0 Å². The van der Waals surface area contributed by atoms with E-state index in [2.05, 4.69) is 5.32 Å². The summed E-state index contributed by atoms with van der Waals surface area (Å²) in [6.45, 7) is 7.35. The number of sulfonamides is 1. The molecule has 0 aliphatic rings. The van der Waals surface area contributed by atoms with E-state index in [1.54, 1.807) is 25.1 Å². The van der Waals surface area contributed by atoms with E-state index in [9.17, 15) is 18.0 Å². The van der Waals surface area contributed by atoms with Crippen molar-refractivity contribution in [1.82, 2.24) is 10.2 Å². The van der Waals surface area contributed by atoms with Crippen LogP contribution in [-0.2, 0) is 26.0 Å². The van der Waals surface area contributed by atoms with Crippen LogP contribution in [0.3, 0.4) is 0 Å². The number of amides is 2. The molecule has 0 aliphatic carbocycles. The summed E-state index contributed by atoms with van der Waals surface area (Å²) < 4.78 is 26.5. The predicted molar refractivity (Wildman–Crippen MR) is 142 cm³/mol.